The molecule has 0 heterocycles. The molecule has 20 heavy (non-hydrogen) atoms. The van der Waals surface area contributed by atoms with Crippen molar-refractivity contribution in [2.75, 3.05) is 0 Å². The third-order valence-corrected chi connectivity index (χ3v) is 3.68. The minimum atomic E-state index is -1.24. The summed E-state index contributed by atoms with van der Waals surface area (Å²) in [5.74, 6) is -2.76. The first-order valence-corrected chi connectivity index (χ1v) is 6.87. The second kappa shape index (κ2) is 7.88. The van der Waals surface area contributed by atoms with E-state index >= 15 is 0 Å². The standard InChI is InChI=1S/C12H19NO6S/c1-4-7(14)13-10(11(18)19)12(2,3)20-9(17)6-5-8(15)16/h10H,4-6H2,1-3H3,(H,13,14)(H,15,16)(H,18,19). The molecule has 1 unspecified atom stereocenters. The maximum atomic E-state index is 11.6. The topological polar surface area (TPSA) is 121 Å². The van der Waals surface area contributed by atoms with E-state index in [0.717, 1.165) is 11.8 Å². The summed E-state index contributed by atoms with van der Waals surface area (Å²) in [7, 11) is 0. The van der Waals surface area contributed by atoms with E-state index in [4.69, 9.17) is 10.2 Å². The van der Waals surface area contributed by atoms with Crippen LogP contribution in [-0.2, 0) is 19.2 Å². The largest absolute Gasteiger partial charge is 0.481 e. The molecule has 0 aromatic heterocycles. The summed E-state index contributed by atoms with van der Waals surface area (Å²) < 4.78 is -1.08. The lowest BCUT2D eigenvalue weighted by atomic mass is 10.0. The Labute approximate surface area is 121 Å². The number of carboxylic acids is 2. The van der Waals surface area contributed by atoms with E-state index in [1.807, 2.05) is 0 Å². The average molecular weight is 305 g/mol. The second-order valence-corrected chi connectivity index (χ2v) is 6.38. The first kappa shape index (κ1) is 18.4. The van der Waals surface area contributed by atoms with Crippen LogP contribution in [0.2, 0.25) is 0 Å². The Morgan fingerprint density at radius 3 is 2.10 bits per heavy atom. The lowest BCUT2D eigenvalue weighted by molar-refractivity contribution is -0.142. The maximum Gasteiger partial charge on any atom is 0.327 e. The van der Waals surface area contributed by atoms with Crippen LogP contribution in [0, 0.1) is 0 Å². The fourth-order valence-electron chi connectivity index (χ4n) is 1.41. The minimum absolute atomic E-state index is 0.136. The summed E-state index contributed by atoms with van der Waals surface area (Å²) in [6.45, 7) is 4.63. The molecule has 0 fully saturated rings. The van der Waals surface area contributed by atoms with Gasteiger partial charge in [0.1, 0.15) is 6.04 Å². The fraction of sp³-hybridized carbons (Fsp3) is 0.667. The van der Waals surface area contributed by atoms with Crippen molar-refractivity contribution in [2.45, 2.75) is 50.8 Å². The van der Waals surface area contributed by atoms with E-state index < -0.39 is 33.7 Å². The number of nitrogens with one attached hydrogen (secondary N) is 1. The third kappa shape index (κ3) is 6.55. The van der Waals surface area contributed by atoms with Crippen molar-refractivity contribution < 1.29 is 29.4 Å². The lowest BCUT2D eigenvalue weighted by Gasteiger charge is -2.30. The van der Waals surface area contributed by atoms with E-state index in [1.54, 1.807) is 6.92 Å². The Balaban J connectivity index is 4.77. The SMILES string of the molecule is CCC(=O)NC(C(=O)O)C(C)(C)SC(=O)CCC(=O)O. The molecule has 8 heteroatoms. The fourth-order valence-corrected chi connectivity index (χ4v) is 2.48. The minimum Gasteiger partial charge on any atom is -0.481 e. The second-order valence-electron chi connectivity index (χ2n) is 4.66. The van der Waals surface area contributed by atoms with Crippen molar-refractivity contribution in [3.05, 3.63) is 0 Å². The Morgan fingerprint density at radius 1 is 1.15 bits per heavy atom. The molecule has 0 aromatic carbocycles. The van der Waals surface area contributed by atoms with Gasteiger partial charge in [0.25, 0.3) is 0 Å². The highest BCUT2D eigenvalue weighted by atomic mass is 32.2. The molecule has 1 amide bonds. The van der Waals surface area contributed by atoms with Gasteiger partial charge in [0.05, 0.1) is 6.42 Å². The molecular weight excluding hydrogens is 286 g/mol. The number of hydrogen-bond acceptors (Lipinski definition) is 5. The van der Waals surface area contributed by atoms with Crippen LogP contribution in [0.15, 0.2) is 0 Å². The average Bonchev–Trinajstić information content (AvgIpc) is 2.31. The maximum absolute atomic E-state index is 11.6. The predicted molar refractivity (Wildman–Crippen MR) is 73.4 cm³/mol. The number of carbonyl (C=O) groups is 4. The normalized spacial score (nSPS) is 12.6. The highest BCUT2D eigenvalue weighted by Crippen LogP contribution is 2.30. The number of carbonyl (C=O) groups excluding carboxylic acids is 2. The van der Waals surface area contributed by atoms with E-state index in [-0.39, 0.29) is 19.3 Å². The summed E-state index contributed by atoms with van der Waals surface area (Å²) in [6, 6.07) is -1.23. The van der Waals surface area contributed by atoms with Crippen LogP contribution in [0.4, 0.5) is 0 Å². The van der Waals surface area contributed by atoms with Crippen LogP contribution in [0.25, 0.3) is 0 Å². The van der Waals surface area contributed by atoms with Gasteiger partial charge >= 0.3 is 11.9 Å². The van der Waals surface area contributed by atoms with Crippen LogP contribution in [0.3, 0.4) is 0 Å². The number of carboxylic acid groups (broad SMARTS) is 2. The summed E-state index contributed by atoms with van der Waals surface area (Å²) >= 11 is 0.735. The van der Waals surface area contributed by atoms with E-state index in [9.17, 15) is 19.2 Å². The van der Waals surface area contributed by atoms with Gasteiger partial charge in [-0.25, -0.2) is 4.79 Å². The Hall–Kier alpha value is -1.57. The molecule has 0 saturated carbocycles. The molecule has 0 spiro atoms. The monoisotopic (exact) mass is 305 g/mol. The molecule has 7 nitrogen and oxygen atoms in total. The molecule has 0 aliphatic carbocycles. The summed E-state index contributed by atoms with van der Waals surface area (Å²) in [5.41, 5.74) is 0. The van der Waals surface area contributed by atoms with Crippen LogP contribution >= 0.6 is 11.8 Å². The van der Waals surface area contributed by atoms with E-state index in [2.05, 4.69) is 5.32 Å². The highest BCUT2D eigenvalue weighted by molar-refractivity contribution is 8.14. The van der Waals surface area contributed by atoms with Crippen molar-refractivity contribution in [3.8, 4) is 0 Å². The van der Waals surface area contributed by atoms with Crippen LogP contribution in [-0.4, -0.2) is 44.0 Å². The molecule has 0 aliphatic rings. The van der Waals surface area contributed by atoms with Crippen molar-refractivity contribution >= 4 is 34.7 Å². The number of rotatable bonds is 8. The van der Waals surface area contributed by atoms with Gasteiger partial charge in [0.2, 0.25) is 5.91 Å². The van der Waals surface area contributed by atoms with Gasteiger partial charge in [-0.2, -0.15) is 0 Å². The van der Waals surface area contributed by atoms with Crippen molar-refractivity contribution in [1.29, 1.82) is 0 Å². The Bertz CT molecular complexity index is 407. The first-order chi connectivity index (χ1) is 9.10. The lowest BCUT2D eigenvalue weighted by Crippen LogP contribution is -2.52. The molecule has 0 rings (SSSR count). The molecular formula is C12H19NO6S. The molecule has 0 aliphatic heterocycles. The van der Waals surface area contributed by atoms with Gasteiger partial charge in [-0.1, -0.05) is 18.7 Å². The number of thioether (sulfide) groups is 1. The Morgan fingerprint density at radius 2 is 1.70 bits per heavy atom. The number of hydrogen-bond donors (Lipinski definition) is 3. The van der Waals surface area contributed by atoms with Gasteiger partial charge in [-0.05, 0) is 13.8 Å². The van der Waals surface area contributed by atoms with Crippen molar-refractivity contribution in [1.82, 2.24) is 5.32 Å². The number of amides is 1. The molecule has 3 N–H and O–H groups in total. The quantitative estimate of drug-likeness (QED) is 0.608. The van der Waals surface area contributed by atoms with Crippen LogP contribution in [0.1, 0.15) is 40.0 Å². The predicted octanol–water partition coefficient (Wildman–Crippen LogP) is 0.869. The van der Waals surface area contributed by atoms with Gasteiger partial charge in [-0.15, -0.1) is 0 Å². The first-order valence-electron chi connectivity index (χ1n) is 6.06. The van der Waals surface area contributed by atoms with Gasteiger partial charge in [0, 0.05) is 17.6 Å². The summed E-state index contributed by atoms with van der Waals surface area (Å²) in [6.07, 6.45) is -0.351. The molecule has 1 atom stereocenters. The van der Waals surface area contributed by atoms with E-state index in [1.165, 1.54) is 13.8 Å². The summed E-state index contributed by atoms with van der Waals surface area (Å²) in [5, 5.41) is 19.6. The third-order valence-electron chi connectivity index (χ3n) is 2.49. The zero-order chi connectivity index (χ0) is 15.9. The Kier molecular flexibility index (Phi) is 7.26. The molecule has 0 aromatic rings. The molecule has 0 bridgehead atoms. The highest BCUT2D eigenvalue weighted by Gasteiger charge is 2.38. The number of aliphatic carboxylic acids is 2. The smallest absolute Gasteiger partial charge is 0.327 e. The van der Waals surface area contributed by atoms with Crippen molar-refractivity contribution in [3.63, 3.8) is 0 Å². The van der Waals surface area contributed by atoms with Crippen LogP contribution in [0.5, 0.6) is 0 Å². The van der Waals surface area contributed by atoms with Gasteiger partial charge in [0.15, 0.2) is 5.12 Å². The van der Waals surface area contributed by atoms with Crippen molar-refractivity contribution in [2.24, 2.45) is 0 Å². The molecule has 0 saturated heterocycles. The molecule has 0 radical (unpaired) electrons. The zero-order valence-electron chi connectivity index (χ0n) is 11.6. The van der Waals surface area contributed by atoms with Gasteiger partial charge < -0.3 is 15.5 Å². The molecule has 114 valence electrons. The van der Waals surface area contributed by atoms with Crippen LogP contribution < -0.4 is 5.32 Å². The zero-order valence-corrected chi connectivity index (χ0v) is 12.5. The van der Waals surface area contributed by atoms with Gasteiger partial charge in [-0.3, -0.25) is 14.4 Å². The summed E-state index contributed by atoms with van der Waals surface area (Å²) in [4.78, 5) is 44.6. The van der Waals surface area contributed by atoms with E-state index in [0.29, 0.717) is 0 Å².